The minimum Gasteiger partial charge on any atom is -0.477 e. The molecule has 4 rings (SSSR count). The molecule has 2 aliphatic heterocycles. The van der Waals surface area contributed by atoms with Crippen molar-refractivity contribution in [1.82, 2.24) is 24.8 Å². The van der Waals surface area contributed by atoms with Crippen LogP contribution in [0.5, 0.6) is 5.88 Å². The Kier molecular flexibility index (Phi) is 7.30. The van der Waals surface area contributed by atoms with Crippen LogP contribution < -0.4 is 15.0 Å². The minimum atomic E-state index is -0.180. The van der Waals surface area contributed by atoms with E-state index in [1.807, 2.05) is 38.7 Å². The third kappa shape index (κ3) is 5.12. The second kappa shape index (κ2) is 10.2. The number of nitrogens with one attached hydrogen (secondary N) is 1. The highest BCUT2D eigenvalue weighted by atomic mass is 35.5. The second-order valence-corrected chi connectivity index (χ2v) is 9.48. The number of ether oxygens (including phenoxy) is 1. The van der Waals surface area contributed by atoms with E-state index in [2.05, 4.69) is 15.3 Å². The van der Waals surface area contributed by atoms with Crippen molar-refractivity contribution in [2.45, 2.75) is 53.2 Å². The second-order valence-electron chi connectivity index (χ2n) is 9.07. The molecule has 1 atom stereocenters. The molecule has 1 saturated heterocycles. The van der Waals surface area contributed by atoms with Crippen LogP contribution in [0.4, 0.5) is 11.8 Å². The molecular formula is C24H32ClN7O3. The maximum absolute atomic E-state index is 13.2. The highest BCUT2D eigenvalue weighted by Gasteiger charge is 2.35. The van der Waals surface area contributed by atoms with E-state index in [1.54, 1.807) is 22.9 Å². The third-order valence-electron chi connectivity index (χ3n) is 6.38. The van der Waals surface area contributed by atoms with E-state index >= 15 is 0 Å². The van der Waals surface area contributed by atoms with Gasteiger partial charge < -0.3 is 24.8 Å². The van der Waals surface area contributed by atoms with E-state index in [4.69, 9.17) is 21.3 Å². The van der Waals surface area contributed by atoms with Crippen molar-refractivity contribution in [2.24, 2.45) is 0 Å². The molecule has 0 saturated carbocycles. The summed E-state index contributed by atoms with van der Waals surface area (Å²) in [4.78, 5) is 44.4. The number of rotatable bonds is 7. The Labute approximate surface area is 210 Å². The fourth-order valence-electron chi connectivity index (χ4n) is 4.28. The number of aromatic nitrogens is 3. The number of fused-ring (bicyclic) bond motifs is 1. The van der Waals surface area contributed by atoms with Gasteiger partial charge in [-0.1, -0.05) is 11.6 Å². The molecule has 11 heteroatoms. The lowest BCUT2D eigenvalue weighted by atomic mass is 10.1. The summed E-state index contributed by atoms with van der Waals surface area (Å²) in [6.45, 7) is 12.8. The van der Waals surface area contributed by atoms with Gasteiger partial charge in [0.2, 0.25) is 17.7 Å². The smallest absolute Gasteiger partial charge is 0.273 e. The quantitative estimate of drug-likeness (QED) is 0.617. The maximum Gasteiger partial charge on any atom is 0.273 e. The normalized spacial score (nSPS) is 16.5. The average Bonchev–Trinajstić information content (AvgIpc) is 3.17. The Hall–Kier alpha value is -3.14. The molecule has 0 spiro atoms. The molecule has 0 aromatic carbocycles. The van der Waals surface area contributed by atoms with Crippen molar-refractivity contribution in [3.8, 4) is 5.88 Å². The first-order valence-electron chi connectivity index (χ1n) is 12.0. The van der Waals surface area contributed by atoms with Gasteiger partial charge in [0.25, 0.3) is 5.91 Å². The van der Waals surface area contributed by atoms with Crippen LogP contribution in [0.1, 0.15) is 62.3 Å². The fraction of sp³-hybridized carbons (Fsp3) is 0.542. The van der Waals surface area contributed by atoms with Gasteiger partial charge in [0.1, 0.15) is 16.5 Å². The van der Waals surface area contributed by atoms with Crippen LogP contribution in [0.25, 0.3) is 0 Å². The van der Waals surface area contributed by atoms with E-state index < -0.39 is 0 Å². The summed E-state index contributed by atoms with van der Waals surface area (Å²) in [6, 6.07) is 1.69. The Morgan fingerprint density at radius 2 is 1.91 bits per heavy atom. The summed E-state index contributed by atoms with van der Waals surface area (Å²) in [5.74, 6) is 1.47. The van der Waals surface area contributed by atoms with Crippen molar-refractivity contribution < 1.29 is 14.3 Å². The molecule has 188 valence electrons. The van der Waals surface area contributed by atoms with Crippen molar-refractivity contribution in [3.63, 3.8) is 0 Å². The molecule has 10 nitrogen and oxygen atoms in total. The molecule has 0 radical (unpaired) electrons. The Morgan fingerprint density at radius 1 is 1.20 bits per heavy atom. The van der Waals surface area contributed by atoms with Gasteiger partial charge in [0.05, 0.1) is 19.2 Å². The molecule has 0 bridgehead atoms. The van der Waals surface area contributed by atoms with Gasteiger partial charge in [-0.15, -0.1) is 0 Å². The zero-order chi connectivity index (χ0) is 25.3. The van der Waals surface area contributed by atoms with Gasteiger partial charge in [0, 0.05) is 50.9 Å². The summed E-state index contributed by atoms with van der Waals surface area (Å²) in [7, 11) is 0. The zero-order valence-corrected chi connectivity index (χ0v) is 21.6. The van der Waals surface area contributed by atoms with Crippen LogP contribution in [0.15, 0.2) is 12.3 Å². The van der Waals surface area contributed by atoms with Crippen molar-refractivity contribution in [3.05, 3.63) is 34.1 Å². The number of piperazine rings is 1. The number of hydrogen-bond donors (Lipinski definition) is 1. The number of amides is 2. The minimum absolute atomic E-state index is 0.0404. The van der Waals surface area contributed by atoms with Gasteiger partial charge in [-0.25, -0.2) is 9.97 Å². The molecule has 0 aliphatic carbocycles. The molecule has 2 aromatic heterocycles. The molecule has 0 unspecified atom stereocenters. The van der Waals surface area contributed by atoms with Gasteiger partial charge in [0.15, 0.2) is 0 Å². The van der Waals surface area contributed by atoms with Gasteiger partial charge >= 0.3 is 0 Å². The predicted molar refractivity (Wildman–Crippen MR) is 134 cm³/mol. The summed E-state index contributed by atoms with van der Waals surface area (Å²) in [5.41, 5.74) is 2.08. The molecule has 2 amide bonds. The van der Waals surface area contributed by atoms with E-state index in [-0.39, 0.29) is 23.9 Å². The third-order valence-corrected chi connectivity index (χ3v) is 6.65. The number of anilines is 2. The van der Waals surface area contributed by atoms with Crippen LogP contribution in [0, 0.1) is 0 Å². The first-order chi connectivity index (χ1) is 16.7. The zero-order valence-electron chi connectivity index (χ0n) is 20.8. The molecule has 1 N–H and O–H groups in total. The lowest BCUT2D eigenvalue weighted by Crippen LogP contribution is -2.48. The van der Waals surface area contributed by atoms with E-state index in [0.717, 1.165) is 11.1 Å². The van der Waals surface area contributed by atoms with Crippen LogP contribution in [-0.4, -0.2) is 75.4 Å². The van der Waals surface area contributed by atoms with Crippen LogP contribution in [0.2, 0.25) is 5.02 Å². The molecule has 2 aromatic rings. The van der Waals surface area contributed by atoms with Crippen molar-refractivity contribution >= 4 is 35.2 Å². The number of carbonyl (C=O) groups is 2. The monoisotopic (exact) mass is 501 g/mol. The first-order valence-corrected chi connectivity index (χ1v) is 12.3. The number of hydrogen-bond acceptors (Lipinski definition) is 8. The molecule has 2 aliphatic rings. The largest absolute Gasteiger partial charge is 0.477 e. The van der Waals surface area contributed by atoms with E-state index in [9.17, 15) is 9.59 Å². The van der Waals surface area contributed by atoms with Crippen LogP contribution >= 0.6 is 11.6 Å². The average molecular weight is 502 g/mol. The summed E-state index contributed by atoms with van der Waals surface area (Å²) in [6.07, 6.45) is 1.73. The number of carbonyl (C=O) groups excluding carboxylic acids is 2. The maximum atomic E-state index is 13.2. The lowest BCUT2D eigenvalue weighted by Gasteiger charge is -2.34. The van der Waals surface area contributed by atoms with Crippen molar-refractivity contribution in [2.75, 3.05) is 43.0 Å². The number of nitrogens with zero attached hydrogens (tertiary/aromatic N) is 6. The summed E-state index contributed by atoms with van der Waals surface area (Å²) >= 11 is 6.36. The predicted octanol–water partition coefficient (Wildman–Crippen LogP) is 3.13. The molecular weight excluding hydrogens is 470 g/mol. The SMILES string of the molecule is CCOc1ncc([C@@H](C)Nc2nc(N3CCN(C(C)=O)CC3)nc3c2CN(C(C)C)C3=O)cc1Cl. The highest BCUT2D eigenvalue weighted by Crippen LogP contribution is 2.33. The first kappa shape index (κ1) is 25.0. The Morgan fingerprint density at radius 3 is 2.51 bits per heavy atom. The highest BCUT2D eigenvalue weighted by molar-refractivity contribution is 6.31. The molecule has 1 fully saturated rings. The van der Waals surface area contributed by atoms with Crippen LogP contribution in [-0.2, 0) is 11.3 Å². The summed E-state index contributed by atoms with van der Waals surface area (Å²) in [5, 5.41) is 3.90. The van der Waals surface area contributed by atoms with Gasteiger partial charge in [-0.05, 0) is 39.3 Å². The van der Waals surface area contributed by atoms with E-state index in [1.165, 1.54) is 0 Å². The topological polar surface area (TPSA) is 104 Å². The van der Waals surface area contributed by atoms with E-state index in [0.29, 0.717) is 67.7 Å². The number of pyridine rings is 1. The Balaban J connectivity index is 1.64. The Bertz CT molecular complexity index is 1120. The van der Waals surface area contributed by atoms with Gasteiger partial charge in [-0.3, -0.25) is 9.59 Å². The van der Waals surface area contributed by atoms with Crippen molar-refractivity contribution in [1.29, 1.82) is 0 Å². The van der Waals surface area contributed by atoms with Crippen LogP contribution in [0.3, 0.4) is 0 Å². The van der Waals surface area contributed by atoms with Gasteiger partial charge in [-0.2, -0.15) is 4.98 Å². The fourth-order valence-corrected chi connectivity index (χ4v) is 4.51. The number of halogens is 1. The lowest BCUT2D eigenvalue weighted by molar-refractivity contribution is -0.129. The molecule has 35 heavy (non-hydrogen) atoms. The standard InChI is InChI=1S/C24H32ClN7O3/c1-6-35-22-19(25)11-17(12-26-22)15(4)27-21-18-13-32(14(2)3)23(34)20(18)28-24(29-21)31-9-7-30(8-10-31)16(5)33/h11-12,14-15H,6-10,13H2,1-5H3,(H,27,28,29)/t15-/m1/s1. The summed E-state index contributed by atoms with van der Waals surface area (Å²) < 4.78 is 5.44. The molecule has 4 heterocycles.